The van der Waals surface area contributed by atoms with Crippen molar-refractivity contribution in [1.82, 2.24) is 9.62 Å². The Balaban J connectivity index is 1.43. The molecule has 1 aliphatic heterocycles. The lowest BCUT2D eigenvalue weighted by Crippen LogP contribution is -2.41. The van der Waals surface area contributed by atoms with Gasteiger partial charge in [-0.15, -0.1) is 0 Å². The topological polar surface area (TPSA) is 122 Å². The van der Waals surface area contributed by atoms with Crippen molar-refractivity contribution >= 4 is 27.5 Å². The number of nitrogens with two attached hydrogens (primary N) is 1. The van der Waals surface area contributed by atoms with Crippen LogP contribution in [0, 0.1) is 12.8 Å². The molecule has 1 atom stereocenters. The number of carbonyl (C=O) groups excluding carboxylic acids is 2. The van der Waals surface area contributed by atoms with Crippen molar-refractivity contribution in [3.63, 3.8) is 0 Å². The van der Waals surface area contributed by atoms with Crippen LogP contribution in [-0.2, 0) is 14.8 Å². The number of aryl methyl sites for hydroxylation is 1. The molecule has 0 saturated carbocycles. The lowest BCUT2D eigenvalue weighted by atomic mass is 9.98. The third kappa shape index (κ3) is 6.88. The number of carbonyl (C=O) groups is 2. The van der Waals surface area contributed by atoms with Gasteiger partial charge in [0.15, 0.2) is 0 Å². The highest BCUT2D eigenvalue weighted by Crippen LogP contribution is 2.18. The molecule has 1 aliphatic rings. The van der Waals surface area contributed by atoms with Crippen LogP contribution in [0.5, 0.6) is 0 Å². The number of hydrogen-bond acceptors (Lipinski definition) is 5. The first kappa shape index (κ1) is 23.9. The zero-order valence-electron chi connectivity index (χ0n) is 18.2. The molecule has 2 aromatic carbocycles. The van der Waals surface area contributed by atoms with Crippen LogP contribution in [0.25, 0.3) is 0 Å². The molecule has 172 valence electrons. The van der Waals surface area contributed by atoms with E-state index < -0.39 is 15.9 Å². The van der Waals surface area contributed by atoms with E-state index in [2.05, 4.69) is 14.9 Å². The van der Waals surface area contributed by atoms with Crippen LogP contribution in [0.2, 0.25) is 0 Å². The molecule has 1 fully saturated rings. The minimum atomic E-state index is -3.52. The SMILES string of the molecule is Cc1ccc(S(=O)(=O)NCC2CCCN(CCC(=O)Nc3ccc(C(N)=O)cc3)C2)cc1. The third-order valence-electron chi connectivity index (χ3n) is 5.60. The molecule has 1 heterocycles. The van der Waals surface area contributed by atoms with E-state index in [-0.39, 0.29) is 16.7 Å². The molecule has 2 amide bonds. The Labute approximate surface area is 189 Å². The summed E-state index contributed by atoms with van der Waals surface area (Å²) < 4.78 is 27.8. The van der Waals surface area contributed by atoms with Gasteiger partial charge in [-0.25, -0.2) is 13.1 Å². The minimum Gasteiger partial charge on any atom is -0.366 e. The number of anilines is 1. The molecule has 1 saturated heterocycles. The first-order chi connectivity index (χ1) is 15.2. The van der Waals surface area contributed by atoms with Crippen LogP contribution in [0.15, 0.2) is 53.4 Å². The van der Waals surface area contributed by atoms with Gasteiger partial charge in [0.2, 0.25) is 21.8 Å². The van der Waals surface area contributed by atoms with Crippen molar-refractivity contribution in [1.29, 1.82) is 0 Å². The van der Waals surface area contributed by atoms with Gasteiger partial charge in [-0.05, 0) is 68.6 Å². The number of nitrogens with one attached hydrogen (secondary N) is 2. The lowest BCUT2D eigenvalue weighted by molar-refractivity contribution is -0.116. The van der Waals surface area contributed by atoms with E-state index in [4.69, 9.17) is 5.73 Å². The molecule has 32 heavy (non-hydrogen) atoms. The molecule has 2 aromatic rings. The van der Waals surface area contributed by atoms with Crippen LogP contribution in [0.1, 0.15) is 35.2 Å². The number of amides is 2. The number of primary amides is 1. The molecule has 0 radical (unpaired) electrons. The quantitative estimate of drug-likeness (QED) is 0.531. The molecule has 3 rings (SSSR count). The van der Waals surface area contributed by atoms with E-state index in [1.54, 1.807) is 48.5 Å². The standard InChI is InChI=1S/C23H30N4O4S/c1-17-4-10-21(11-5-17)32(30,31)25-15-18-3-2-13-27(16-18)14-12-22(28)26-20-8-6-19(7-9-20)23(24)29/h4-11,18,25H,2-3,12-16H2,1H3,(H2,24,29)(H,26,28). The molecule has 8 nitrogen and oxygen atoms in total. The predicted molar refractivity (Wildman–Crippen MR) is 124 cm³/mol. The summed E-state index contributed by atoms with van der Waals surface area (Å²) in [6.45, 7) is 4.54. The summed E-state index contributed by atoms with van der Waals surface area (Å²) in [4.78, 5) is 25.9. The van der Waals surface area contributed by atoms with Crippen molar-refractivity contribution < 1.29 is 18.0 Å². The highest BCUT2D eigenvalue weighted by atomic mass is 32.2. The van der Waals surface area contributed by atoms with Crippen LogP contribution in [-0.4, -0.2) is 51.3 Å². The Hall–Kier alpha value is -2.75. The number of rotatable bonds is 9. The van der Waals surface area contributed by atoms with Crippen molar-refractivity contribution in [3.05, 3.63) is 59.7 Å². The lowest BCUT2D eigenvalue weighted by Gasteiger charge is -2.32. The predicted octanol–water partition coefficient (Wildman–Crippen LogP) is 2.11. The third-order valence-corrected chi connectivity index (χ3v) is 7.04. The average Bonchev–Trinajstić information content (AvgIpc) is 2.77. The van der Waals surface area contributed by atoms with Gasteiger partial charge in [-0.3, -0.25) is 9.59 Å². The Morgan fingerprint density at radius 2 is 1.78 bits per heavy atom. The van der Waals surface area contributed by atoms with Gasteiger partial charge in [0.1, 0.15) is 0 Å². The zero-order chi connectivity index (χ0) is 23.1. The summed E-state index contributed by atoms with van der Waals surface area (Å²) in [6, 6.07) is 13.2. The molecule has 4 N–H and O–H groups in total. The van der Waals surface area contributed by atoms with Crippen LogP contribution < -0.4 is 15.8 Å². The summed E-state index contributed by atoms with van der Waals surface area (Å²) in [5, 5.41) is 2.82. The summed E-state index contributed by atoms with van der Waals surface area (Å²) in [7, 11) is -3.52. The van der Waals surface area contributed by atoms with E-state index in [0.29, 0.717) is 30.8 Å². The van der Waals surface area contributed by atoms with Gasteiger partial charge < -0.3 is 16.0 Å². The van der Waals surface area contributed by atoms with E-state index in [1.807, 2.05) is 6.92 Å². The highest BCUT2D eigenvalue weighted by molar-refractivity contribution is 7.89. The van der Waals surface area contributed by atoms with Crippen LogP contribution in [0.4, 0.5) is 5.69 Å². The summed E-state index contributed by atoms with van der Waals surface area (Å²) in [5.74, 6) is -0.420. The highest BCUT2D eigenvalue weighted by Gasteiger charge is 2.23. The Kier molecular flexibility index (Phi) is 8.00. The van der Waals surface area contributed by atoms with Gasteiger partial charge in [-0.2, -0.15) is 0 Å². The number of likely N-dealkylation sites (tertiary alicyclic amines) is 1. The normalized spacial score (nSPS) is 17.1. The zero-order valence-corrected chi connectivity index (χ0v) is 19.0. The van der Waals surface area contributed by atoms with Crippen molar-refractivity contribution in [2.45, 2.75) is 31.1 Å². The van der Waals surface area contributed by atoms with Gasteiger partial charge in [0.05, 0.1) is 4.90 Å². The van der Waals surface area contributed by atoms with E-state index in [1.165, 1.54) is 0 Å². The monoisotopic (exact) mass is 458 g/mol. The first-order valence-corrected chi connectivity index (χ1v) is 12.2. The van der Waals surface area contributed by atoms with Crippen molar-refractivity contribution in [2.24, 2.45) is 11.7 Å². The summed E-state index contributed by atoms with van der Waals surface area (Å²) >= 11 is 0. The smallest absolute Gasteiger partial charge is 0.248 e. The average molecular weight is 459 g/mol. The molecule has 1 unspecified atom stereocenters. The van der Waals surface area contributed by atoms with Crippen molar-refractivity contribution in [3.8, 4) is 0 Å². The Bertz CT molecular complexity index is 1040. The Morgan fingerprint density at radius 3 is 2.44 bits per heavy atom. The number of nitrogens with zero attached hydrogens (tertiary/aromatic N) is 1. The maximum Gasteiger partial charge on any atom is 0.248 e. The van der Waals surface area contributed by atoms with E-state index in [0.717, 1.165) is 31.5 Å². The maximum absolute atomic E-state index is 12.5. The summed E-state index contributed by atoms with van der Waals surface area (Å²) in [6.07, 6.45) is 2.25. The minimum absolute atomic E-state index is 0.112. The van der Waals surface area contributed by atoms with Crippen LogP contribution >= 0.6 is 0 Å². The molecule has 0 bridgehead atoms. The fraction of sp³-hybridized carbons (Fsp3) is 0.391. The fourth-order valence-corrected chi connectivity index (χ4v) is 4.87. The first-order valence-electron chi connectivity index (χ1n) is 10.7. The Morgan fingerprint density at radius 1 is 1.09 bits per heavy atom. The van der Waals surface area contributed by atoms with Gasteiger partial charge in [0, 0.05) is 37.3 Å². The molecule has 0 spiro atoms. The molecule has 9 heteroatoms. The van der Waals surface area contributed by atoms with Crippen molar-refractivity contribution in [2.75, 3.05) is 31.5 Å². The largest absolute Gasteiger partial charge is 0.366 e. The number of hydrogen-bond donors (Lipinski definition) is 3. The second-order valence-electron chi connectivity index (χ2n) is 8.21. The second-order valence-corrected chi connectivity index (χ2v) is 9.98. The molecular formula is C23H30N4O4S. The number of benzene rings is 2. The molecule has 0 aromatic heterocycles. The van der Waals surface area contributed by atoms with Crippen LogP contribution in [0.3, 0.4) is 0 Å². The molecule has 0 aliphatic carbocycles. The molecular weight excluding hydrogens is 428 g/mol. The van der Waals surface area contributed by atoms with E-state index >= 15 is 0 Å². The van der Waals surface area contributed by atoms with Gasteiger partial charge >= 0.3 is 0 Å². The maximum atomic E-state index is 12.5. The van der Waals surface area contributed by atoms with E-state index in [9.17, 15) is 18.0 Å². The second kappa shape index (κ2) is 10.7. The van der Waals surface area contributed by atoms with Gasteiger partial charge in [0.25, 0.3) is 0 Å². The summed E-state index contributed by atoms with van der Waals surface area (Å²) in [5.41, 5.74) is 7.23. The van der Waals surface area contributed by atoms with Gasteiger partial charge in [-0.1, -0.05) is 17.7 Å². The number of piperidine rings is 1. The fourth-order valence-electron chi connectivity index (χ4n) is 3.75. The number of sulfonamides is 1.